The van der Waals surface area contributed by atoms with Crippen LogP contribution in [0, 0.1) is 5.41 Å². The summed E-state index contributed by atoms with van der Waals surface area (Å²) in [5.74, 6) is 0.258. The molecule has 114 valence electrons. The Morgan fingerprint density at radius 1 is 1.14 bits per heavy atom. The lowest BCUT2D eigenvalue weighted by Crippen LogP contribution is -2.43. The van der Waals surface area contributed by atoms with Crippen LogP contribution in [0.25, 0.3) is 0 Å². The zero-order valence-corrected chi connectivity index (χ0v) is 13.3. The molecule has 1 N–H and O–H groups in total. The van der Waals surface area contributed by atoms with E-state index in [2.05, 4.69) is 36.2 Å². The summed E-state index contributed by atoms with van der Waals surface area (Å²) in [7, 11) is 0. The number of hydrogen-bond acceptors (Lipinski definition) is 2. The maximum absolute atomic E-state index is 12.6. The highest BCUT2D eigenvalue weighted by atomic mass is 16.2. The molecule has 2 atom stereocenters. The summed E-state index contributed by atoms with van der Waals surface area (Å²) >= 11 is 0. The lowest BCUT2D eigenvalue weighted by molar-refractivity contribution is -0.133. The summed E-state index contributed by atoms with van der Waals surface area (Å²) in [6, 6.07) is 10.7. The van der Waals surface area contributed by atoms with Crippen LogP contribution >= 0.6 is 0 Å². The second-order valence-corrected chi connectivity index (χ2v) is 7.34. The molecule has 0 radical (unpaired) electrons. The van der Waals surface area contributed by atoms with Gasteiger partial charge in [0, 0.05) is 6.04 Å². The third-order valence-electron chi connectivity index (χ3n) is 5.13. The van der Waals surface area contributed by atoms with Crippen molar-refractivity contribution in [3.63, 3.8) is 0 Å². The molecule has 1 aromatic carbocycles. The first kappa shape index (κ1) is 14.6. The molecule has 1 aromatic rings. The number of benzene rings is 1. The summed E-state index contributed by atoms with van der Waals surface area (Å²) in [5.41, 5.74) is 1.63. The second-order valence-electron chi connectivity index (χ2n) is 7.34. The molecular weight excluding hydrogens is 260 g/mol. The molecule has 3 rings (SSSR count). The zero-order chi connectivity index (χ0) is 15.0. The summed E-state index contributed by atoms with van der Waals surface area (Å²) in [5, 5.41) is 3.46. The average molecular weight is 286 g/mol. The van der Waals surface area contributed by atoms with Crippen molar-refractivity contribution in [2.75, 3.05) is 0 Å². The van der Waals surface area contributed by atoms with Crippen LogP contribution in [0.1, 0.15) is 58.2 Å². The van der Waals surface area contributed by atoms with Gasteiger partial charge in [-0.3, -0.25) is 10.1 Å². The molecule has 1 aliphatic carbocycles. The van der Waals surface area contributed by atoms with Gasteiger partial charge >= 0.3 is 0 Å². The first-order valence-electron chi connectivity index (χ1n) is 8.11. The molecular formula is C18H26N2O. The number of nitrogens with one attached hydrogen (secondary N) is 1. The Bertz CT molecular complexity index is 501. The summed E-state index contributed by atoms with van der Waals surface area (Å²) in [6.45, 7) is 6.65. The van der Waals surface area contributed by atoms with Crippen LogP contribution in [0.5, 0.6) is 0 Å². The van der Waals surface area contributed by atoms with Gasteiger partial charge in [0.1, 0.15) is 6.17 Å². The Morgan fingerprint density at radius 3 is 2.38 bits per heavy atom. The van der Waals surface area contributed by atoms with E-state index in [0.717, 1.165) is 12.8 Å². The van der Waals surface area contributed by atoms with Gasteiger partial charge in [0.25, 0.3) is 0 Å². The fourth-order valence-electron chi connectivity index (χ4n) is 3.68. The predicted molar refractivity (Wildman–Crippen MR) is 84.7 cm³/mol. The van der Waals surface area contributed by atoms with Crippen LogP contribution in [0.3, 0.4) is 0 Å². The SMILES string of the molecule is CC1NC(c2ccccc2)N(C2CCC(C)(C)CC2)C1=O. The first-order chi connectivity index (χ1) is 9.98. The van der Waals surface area contributed by atoms with Crippen LogP contribution < -0.4 is 5.32 Å². The van der Waals surface area contributed by atoms with Gasteiger partial charge in [0.05, 0.1) is 6.04 Å². The molecule has 3 nitrogen and oxygen atoms in total. The van der Waals surface area contributed by atoms with Crippen molar-refractivity contribution in [2.45, 2.75) is 64.7 Å². The maximum atomic E-state index is 12.6. The monoisotopic (exact) mass is 286 g/mol. The normalized spacial score (nSPS) is 29.9. The minimum absolute atomic E-state index is 0.0416. The van der Waals surface area contributed by atoms with Gasteiger partial charge < -0.3 is 4.90 Å². The highest BCUT2D eigenvalue weighted by Gasteiger charge is 2.42. The van der Waals surface area contributed by atoms with E-state index in [9.17, 15) is 4.79 Å². The molecule has 0 aromatic heterocycles. The molecule has 2 aliphatic rings. The molecule has 0 spiro atoms. The Hall–Kier alpha value is -1.35. The number of nitrogens with zero attached hydrogens (tertiary/aromatic N) is 1. The molecule has 2 unspecified atom stereocenters. The lowest BCUT2D eigenvalue weighted by Gasteiger charge is -2.40. The van der Waals surface area contributed by atoms with Crippen molar-refractivity contribution in [3.8, 4) is 0 Å². The molecule has 1 heterocycles. The van der Waals surface area contributed by atoms with E-state index < -0.39 is 0 Å². The number of carbonyl (C=O) groups is 1. The van der Waals surface area contributed by atoms with Gasteiger partial charge in [-0.05, 0) is 43.6 Å². The largest absolute Gasteiger partial charge is 0.319 e. The molecule has 0 bridgehead atoms. The molecule has 2 fully saturated rings. The number of rotatable bonds is 2. The van der Waals surface area contributed by atoms with Gasteiger partial charge in [0.15, 0.2) is 0 Å². The second kappa shape index (κ2) is 5.45. The fourth-order valence-corrected chi connectivity index (χ4v) is 3.68. The number of hydrogen-bond donors (Lipinski definition) is 1. The average Bonchev–Trinajstić information content (AvgIpc) is 2.76. The van der Waals surface area contributed by atoms with E-state index in [1.54, 1.807) is 0 Å². The quantitative estimate of drug-likeness (QED) is 0.903. The van der Waals surface area contributed by atoms with Crippen molar-refractivity contribution in [3.05, 3.63) is 35.9 Å². The summed E-state index contributed by atoms with van der Waals surface area (Å²) in [6.07, 6.45) is 4.70. The predicted octanol–water partition coefficient (Wildman–Crippen LogP) is 3.47. The van der Waals surface area contributed by atoms with Crippen molar-refractivity contribution in [1.29, 1.82) is 0 Å². The Morgan fingerprint density at radius 2 is 1.76 bits per heavy atom. The van der Waals surface area contributed by atoms with E-state index in [1.807, 2.05) is 25.1 Å². The summed E-state index contributed by atoms with van der Waals surface area (Å²) < 4.78 is 0. The molecule has 3 heteroatoms. The number of carbonyl (C=O) groups excluding carboxylic acids is 1. The fraction of sp³-hybridized carbons (Fsp3) is 0.611. The molecule has 1 saturated heterocycles. The van der Waals surface area contributed by atoms with Crippen LogP contribution in [0.2, 0.25) is 0 Å². The van der Waals surface area contributed by atoms with Gasteiger partial charge in [-0.1, -0.05) is 44.2 Å². The summed E-state index contributed by atoms with van der Waals surface area (Å²) in [4.78, 5) is 14.7. The molecule has 1 amide bonds. The highest BCUT2D eigenvalue weighted by Crippen LogP contribution is 2.40. The van der Waals surface area contributed by atoms with Crippen LogP contribution in [0.4, 0.5) is 0 Å². The Kier molecular flexibility index (Phi) is 3.78. The first-order valence-corrected chi connectivity index (χ1v) is 8.11. The molecule has 21 heavy (non-hydrogen) atoms. The lowest BCUT2D eigenvalue weighted by atomic mass is 9.75. The van der Waals surface area contributed by atoms with E-state index >= 15 is 0 Å². The zero-order valence-electron chi connectivity index (χ0n) is 13.3. The third kappa shape index (κ3) is 2.84. The van der Waals surface area contributed by atoms with E-state index in [4.69, 9.17) is 0 Å². The Labute approximate surface area is 127 Å². The highest BCUT2D eigenvalue weighted by molar-refractivity contribution is 5.84. The van der Waals surface area contributed by atoms with Crippen molar-refractivity contribution >= 4 is 5.91 Å². The van der Waals surface area contributed by atoms with Crippen molar-refractivity contribution in [1.82, 2.24) is 10.2 Å². The van der Waals surface area contributed by atoms with Crippen LogP contribution in [-0.4, -0.2) is 22.9 Å². The van der Waals surface area contributed by atoms with Gasteiger partial charge in [-0.25, -0.2) is 0 Å². The minimum atomic E-state index is -0.0786. The maximum Gasteiger partial charge on any atom is 0.241 e. The standard InChI is InChI=1S/C18H26N2O/c1-13-17(21)20(15-9-11-18(2,3)12-10-15)16(19-13)14-7-5-4-6-8-14/h4-8,13,15-16,19H,9-12H2,1-3H3. The van der Waals surface area contributed by atoms with E-state index in [1.165, 1.54) is 18.4 Å². The van der Waals surface area contributed by atoms with Gasteiger partial charge in [0.2, 0.25) is 5.91 Å². The third-order valence-corrected chi connectivity index (χ3v) is 5.13. The van der Waals surface area contributed by atoms with E-state index in [-0.39, 0.29) is 18.1 Å². The topological polar surface area (TPSA) is 32.3 Å². The smallest absolute Gasteiger partial charge is 0.241 e. The van der Waals surface area contributed by atoms with E-state index in [0.29, 0.717) is 11.5 Å². The van der Waals surface area contributed by atoms with Crippen molar-refractivity contribution < 1.29 is 4.79 Å². The molecule has 1 aliphatic heterocycles. The minimum Gasteiger partial charge on any atom is -0.319 e. The van der Waals surface area contributed by atoms with Crippen LogP contribution in [0.15, 0.2) is 30.3 Å². The van der Waals surface area contributed by atoms with Crippen LogP contribution in [-0.2, 0) is 4.79 Å². The van der Waals surface area contributed by atoms with Gasteiger partial charge in [-0.15, -0.1) is 0 Å². The van der Waals surface area contributed by atoms with Crippen molar-refractivity contribution in [2.24, 2.45) is 5.41 Å². The number of amides is 1. The molecule has 1 saturated carbocycles. The van der Waals surface area contributed by atoms with Gasteiger partial charge in [-0.2, -0.15) is 0 Å². The Balaban J connectivity index is 1.82.